The highest BCUT2D eigenvalue weighted by Gasteiger charge is 2.48. The van der Waals surface area contributed by atoms with Crippen LogP contribution in [0, 0.1) is 0 Å². The molecule has 1 atom stereocenters. The van der Waals surface area contributed by atoms with Crippen molar-refractivity contribution < 1.29 is 13.7 Å². The van der Waals surface area contributed by atoms with Crippen LogP contribution in [-0.2, 0) is 28.9 Å². The van der Waals surface area contributed by atoms with Crippen LogP contribution in [-0.4, -0.2) is 39.6 Å². The first-order chi connectivity index (χ1) is 17.4. The van der Waals surface area contributed by atoms with Gasteiger partial charge in [-0.25, -0.2) is 4.21 Å². The molecule has 4 aromatic rings. The third-order valence-corrected chi connectivity index (χ3v) is 8.93. The minimum atomic E-state index is -1.52. The van der Waals surface area contributed by atoms with E-state index in [0.717, 1.165) is 34.9 Å². The van der Waals surface area contributed by atoms with Crippen molar-refractivity contribution in [1.82, 2.24) is 20.4 Å². The number of anilines is 1. The van der Waals surface area contributed by atoms with E-state index in [1.54, 1.807) is 19.2 Å². The van der Waals surface area contributed by atoms with Gasteiger partial charge in [0.1, 0.15) is 9.96 Å². The highest BCUT2D eigenvalue weighted by atomic mass is 35.5. The van der Waals surface area contributed by atoms with Gasteiger partial charge in [-0.1, -0.05) is 41.9 Å². The number of carbonyl (C=O) groups excluding carboxylic acids is 1. The van der Waals surface area contributed by atoms with E-state index < -0.39 is 16.5 Å². The van der Waals surface area contributed by atoms with Gasteiger partial charge < -0.3 is 15.4 Å². The van der Waals surface area contributed by atoms with Crippen LogP contribution >= 0.6 is 22.9 Å². The fourth-order valence-corrected chi connectivity index (χ4v) is 6.39. The lowest BCUT2D eigenvalue weighted by atomic mass is 10.1. The summed E-state index contributed by atoms with van der Waals surface area (Å²) in [6, 6.07) is 17.2. The molecular formula is C25H26ClN5O3S2. The molecule has 3 N–H and O–H groups in total. The van der Waals surface area contributed by atoms with Gasteiger partial charge >= 0.3 is 0 Å². The van der Waals surface area contributed by atoms with Crippen molar-refractivity contribution in [2.24, 2.45) is 0 Å². The van der Waals surface area contributed by atoms with Gasteiger partial charge in [0.05, 0.1) is 34.4 Å². The Hall–Kier alpha value is -2.92. The van der Waals surface area contributed by atoms with Gasteiger partial charge in [0.25, 0.3) is 0 Å². The smallest absolute Gasteiger partial charge is 0.240 e. The second kappa shape index (κ2) is 10.2. The van der Waals surface area contributed by atoms with E-state index in [9.17, 15) is 9.00 Å². The summed E-state index contributed by atoms with van der Waals surface area (Å²) in [7, 11) is 1.91. The van der Waals surface area contributed by atoms with E-state index in [4.69, 9.17) is 21.4 Å². The number of methoxy groups -OCH3 is 1. The second-order valence-corrected chi connectivity index (χ2v) is 11.8. The molecule has 1 unspecified atom stereocenters. The number of nitrogens with one attached hydrogen (secondary N) is 3. The molecule has 0 radical (unpaired) electrons. The number of nitrogens with zero attached hydrogens (tertiary/aromatic N) is 2. The quantitative estimate of drug-likeness (QED) is 0.277. The van der Waals surface area contributed by atoms with E-state index in [2.05, 4.69) is 21.4 Å². The fourth-order valence-electron chi connectivity index (χ4n) is 4.17. The topological polar surface area (TPSA) is 97.3 Å². The number of rotatable bonds is 10. The van der Waals surface area contributed by atoms with Gasteiger partial charge in [0.15, 0.2) is 16.8 Å². The number of likely N-dealkylation sites (N-methyl/N-ethyl adjacent to an activating group) is 1. The summed E-state index contributed by atoms with van der Waals surface area (Å²) in [5.41, 5.74) is 2.49. The molecule has 1 aliphatic carbocycles. The van der Waals surface area contributed by atoms with Crippen molar-refractivity contribution in [3.63, 3.8) is 0 Å². The van der Waals surface area contributed by atoms with E-state index in [1.165, 1.54) is 11.3 Å². The summed E-state index contributed by atoms with van der Waals surface area (Å²) in [5, 5.41) is 11.7. The molecule has 1 saturated carbocycles. The zero-order chi connectivity index (χ0) is 25.3. The molecule has 1 aliphatic rings. The number of carbonyl (C=O) groups is 1. The first kappa shape index (κ1) is 24.8. The highest BCUT2D eigenvalue weighted by Crippen LogP contribution is 2.35. The molecule has 36 heavy (non-hydrogen) atoms. The molecule has 0 aliphatic heterocycles. The SMILES string of the molecule is CNC1(C(=O)NCc2cccc(Cn3nc(NS(=O)c4ccc(Cl)s4)c4c(OC)cccc43)c2)CC1. The van der Waals surface area contributed by atoms with Crippen molar-refractivity contribution in [3.05, 3.63) is 70.1 Å². The molecule has 5 rings (SSSR count). The van der Waals surface area contributed by atoms with Gasteiger partial charge in [0.2, 0.25) is 5.91 Å². The minimum absolute atomic E-state index is 0.0383. The molecular weight excluding hydrogens is 518 g/mol. The average Bonchev–Trinajstić information content (AvgIpc) is 3.46. The number of thiophene rings is 1. The Bertz CT molecular complexity index is 1450. The Morgan fingerprint density at radius 1 is 1.19 bits per heavy atom. The normalized spacial score (nSPS) is 15.0. The van der Waals surface area contributed by atoms with Crippen molar-refractivity contribution in [3.8, 4) is 5.75 Å². The molecule has 8 nitrogen and oxygen atoms in total. The van der Waals surface area contributed by atoms with Gasteiger partial charge in [-0.15, -0.1) is 11.3 Å². The standard InChI is InChI=1S/C25H26ClN5O3S2/c1-27-25(11-12-25)24(32)28-14-16-5-3-6-17(13-16)15-31-18-7-4-8-19(34-2)22(18)23(29-31)30-36(33)21-10-9-20(26)35-21/h3-10,13,27H,11-12,14-15H2,1-2H3,(H,28,32)(H,29,30). The van der Waals surface area contributed by atoms with Crippen LogP contribution in [0.4, 0.5) is 5.82 Å². The summed E-state index contributed by atoms with van der Waals surface area (Å²) in [4.78, 5) is 12.5. The number of fused-ring (bicyclic) bond motifs is 1. The Morgan fingerprint density at radius 3 is 2.67 bits per heavy atom. The molecule has 11 heteroatoms. The fraction of sp³-hybridized carbons (Fsp3) is 0.280. The van der Waals surface area contributed by atoms with Gasteiger partial charge in [-0.2, -0.15) is 5.10 Å². The first-order valence-corrected chi connectivity index (χ1v) is 13.8. The molecule has 1 amide bonds. The number of aromatic nitrogens is 2. The van der Waals surface area contributed by atoms with Crippen LogP contribution in [0.15, 0.2) is 58.8 Å². The van der Waals surface area contributed by atoms with E-state index >= 15 is 0 Å². The van der Waals surface area contributed by atoms with Crippen LogP contribution in [0.3, 0.4) is 0 Å². The molecule has 188 valence electrons. The van der Waals surface area contributed by atoms with Crippen molar-refractivity contribution >= 4 is 56.6 Å². The van der Waals surface area contributed by atoms with Gasteiger partial charge in [-0.05, 0) is 55.3 Å². The van der Waals surface area contributed by atoms with Crippen LogP contribution in [0.1, 0.15) is 24.0 Å². The largest absolute Gasteiger partial charge is 0.496 e. The maximum Gasteiger partial charge on any atom is 0.240 e. The van der Waals surface area contributed by atoms with Crippen LogP contribution in [0.2, 0.25) is 4.34 Å². The van der Waals surface area contributed by atoms with E-state index in [1.807, 2.05) is 48.1 Å². The number of halogens is 1. The first-order valence-electron chi connectivity index (χ1n) is 11.4. The Kier molecular flexibility index (Phi) is 7.03. The van der Waals surface area contributed by atoms with Crippen molar-refractivity contribution in [2.45, 2.75) is 35.7 Å². The Morgan fingerprint density at radius 2 is 1.97 bits per heavy atom. The lowest BCUT2D eigenvalue weighted by molar-refractivity contribution is -0.124. The third-order valence-electron chi connectivity index (χ3n) is 6.32. The number of hydrogen-bond donors (Lipinski definition) is 3. The third kappa shape index (κ3) is 4.99. The van der Waals surface area contributed by atoms with E-state index in [0.29, 0.717) is 33.2 Å². The number of amides is 1. The second-order valence-electron chi connectivity index (χ2n) is 8.62. The summed E-state index contributed by atoms with van der Waals surface area (Å²) in [5.74, 6) is 1.14. The predicted molar refractivity (Wildman–Crippen MR) is 144 cm³/mol. The number of benzene rings is 2. The summed E-state index contributed by atoms with van der Waals surface area (Å²) in [6.07, 6.45) is 1.73. The molecule has 0 bridgehead atoms. The van der Waals surface area contributed by atoms with Crippen LogP contribution < -0.4 is 20.1 Å². The lowest BCUT2D eigenvalue weighted by Gasteiger charge is -2.14. The number of hydrogen-bond acceptors (Lipinski definition) is 6. The van der Waals surface area contributed by atoms with Crippen LogP contribution in [0.5, 0.6) is 5.75 Å². The predicted octanol–water partition coefficient (Wildman–Crippen LogP) is 4.31. The Labute approximate surface area is 220 Å². The summed E-state index contributed by atoms with van der Waals surface area (Å²) >= 11 is 7.28. The van der Waals surface area contributed by atoms with E-state index in [-0.39, 0.29) is 5.91 Å². The zero-order valence-electron chi connectivity index (χ0n) is 19.8. The lowest BCUT2D eigenvalue weighted by Crippen LogP contribution is -2.44. The molecule has 0 spiro atoms. The maximum absolute atomic E-state index is 12.9. The number of ether oxygens (including phenoxy) is 1. The highest BCUT2D eigenvalue weighted by molar-refractivity contribution is 7.88. The van der Waals surface area contributed by atoms with Crippen molar-refractivity contribution in [2.75, 3.05) is 18.9 Å². The van der Waals surface area contributed by atoms with Crippen molar-refractivity contribution in [1.29, 1.82) is 0 Å². The molecule has 1 fully saturated rings. The molecule has 0 saturated heterocycles. The summed E-state index contributed by atoms with van der Waals surface area (Å²) < 4.78 is 24.6. The zero-order valence-corrected chi connectivity index (χ0v) is 22.2. The molecule has 2 aromatic heterocycles. The summed E-state index contributed by atoms with van der Waals surface area (Å²) in [6.45, 7) is 0.948. The van der Waals surface area contributed by atoms with Gasteiger partial charge in [-0.3, -0.25) is 14.2 Å². The molecule has 2 aromatic carbocycles. The maximum atomic E-state index is 12.9. The van der Waals surface area contributed by atoms with Gasteiger partial charge in [0, 0.05) is 6.54 Å². The average molecular weight is 544 g/mol. The molecule has 2 heterocycles. The monoisotopic (exact) mass is 543 g/mol. The Balaban J connectivity index is 1.39. The minimum Gasteiger partial charge on any atom is -0.496 e. The van der Waals surface area contributed by atoms with Crippen LogP contribution in [0.25, 0.3) is 10.9 Å².